The molecule has 17 heavy (non-hydrogen) atoms. The molecule has 1 unspecified atom stereocenters. The lowest BCUT2D eigenvalue weighted by Crippen LogP contribution is -2.48. The van der Waals surface area contributed by atoms with Gasteiger partial charge in [0.2, 0.25) is 5.91 Å². The van der Waals surface area contributed by atoms with Gasteiger partial charge in [0.05, 0.1) is 13.2 Å². The normalized spacial score (nSPS) is 19.2. The number of benzene rings is 1. The Morgan fingerprint density at radius 3 is 2.71 bits per heavy atom. The van der Waals surface area contributed by atoms with Crippen molar-refractivity contribution in [1.29, 1.82) is 0 Å². The maximum Gasteiger partial charge on any atom is 0.243 e. The van der Waals surface area contributed by atoms with Gasteiger partial charge in [0.15, 0.2) is 0 Å². The maximum absolute atomic E-state index is 11.8. The highest BCUT2D eigenvalue weighted by atomic mass is 35.5. The fourth-order valence-electron chi connectivity index (χ4n) is 1.60. The van der Waals surface area contributed by atoms with Gasteiger partial charge in [-0.1, -0.05) is 17.7 Å². The van der Waals surface area contributed by atoms with Crippen molar-refractivity contribution in [2.75, 3.05) is 25.1 Å². The van der Waals surface area contributed by atoms with Crippen LogP contribution in [0.25, 0.3) is 0 Å². The van der Waals surface area contributed by atoms with E-state index in [1.54, 1.807) is 0 Å². The van der Waals surface area contributed by atoms with E-state index in [1.807, 2.05) is 31.2 Å². The van der Waals surface area contributed by atoms with Gasteiger partial charge in [-0.3, -0.25) is 4.79 Å². The van der Waals surface area contributed by atoms with Crippen molar-refractivity contribution in [3.63, 3.8) is 0 Å². The molecule has 2 rings (SSSR count). The molecule has 0 bridgehead atoms. The van der Waals surface area contributed by atoms with E-state index < -0.39 is 0 Å². The third-order valence-electron chi connectivity index (χ3n) is 2.56. The predicted octanol–water partition coefficient (Wildman–Crippen LogP) is 1.34. The number of morpholine rings is 1. The summed E-state index contributed by atoms with van der Waals surface area (Å²) < 4.78 is 5.24. The number of amides is 1. The molecule has 1 atom stereocenters. The van der Waals surface area contributed by atoms with Gasteiger partial charge in [-0.15, -0.1) is 12.4 Å². The number of hydrogen-bond donors (Lipinski definition) is 2. The number of aryl methyl sites for hydroxylation is 1. The molecule has 1 amide bonds. The smallest absolute Gasteiger partial charge is 0.243 e. The van der Waals surface area contributed by atoms with Crippen molar-refractivity contribution < 1.29 is 9.53 Å². The van der Waals surface area contributed by atoms with Gasteiger partial charge in [0, 0.05) is 12.2 Å². The van der Waals surface area contributed by atoms with E-state index in [0.29, 0.717) is 13.2 Å². The fourth-order valence-corrected chi connectivity index (χ4v) is 1.60. The molecule has 0 aliphatic carbocycles. The second kappa shape index (κ2) is 6.59. The van der Waals surface area contributed by atoms with Crippen LogP contribution in [-0.2, 0) is 9.53 Å². The first-order valence-corrected chi connectivity index (χ1v) is 5.44. The largest absolute Gasteiger partial charge is 0.378 e. The molecular formula is C12H17ClN2O2. The first-order chi connectivity index (χ1) is 7.75. The van der Waals surface area contributed by atoms with Crippen molar-refractivity contribution in [3.8, 4) is 0 Å². The van der Waals surface area contributed by atoms with Crippen LogP contribution in [0.3, 0.4) is 0 Å². The fraction of sp³-hybridized carbons (Fsp3) is 0.417. The van der Waals surface area contributed by atoms with Crippen molar-refractivity contribution in [1.82, 2.24) is 5.32 Å². The van der Waals surface area contributed by atoms with Crippen LogP contribution in [0.2, 0.25) is 0 Å². The van der Waals surface area contributed by atoms with Crippen LogP contribution >= 0.6 is 12.4 Å². The van der Waals surface area contributed by atoms with Crippen LogP contribution in [0.4, 0.5) is 5.69 Å². The third kappa shape index (κ3) is 4.00. The van der Waals surface area contributed by atoms with E-state index in [-0.39, 0.29) is 24.4 Å². The molecule has 5 heteroatoms. The quantitative estimate of drug-likeness (QED) is 0.840. The van der Waals surface area contributed by atoms with E-state index in [9.17, 15) is 4.79 Å². The topological polar surface area (TPSA) is 50.4 Å². The van der Waals surface area contributed by atoms with Gasteiger partial charge in [0.1, 0.15) is 6.04 Å². The minimum absolute atomic E-state index is 0. The third-order valence-corrected chi connectivity index (χ3v) is 2.56. The summed E-state index contributed by atoms with van der Waals surface area (Å²) in [5, 5.41) is 5.97. The molecule has 0 spiro atoms. The molecule has 1 fully saturated rings. The summed E-state index contributed by atoms with van der Waals surface area (Å²) in [5.41, 5.74) is 2.00. The second-order valence-corrected chi connectivity index (χ2v) is 3.94. The Labute approximate surface area is 107 Å². The number of nitrogens with one attached hydrogen (secondary N) is 2. The molecular weight excluding hydrogens is 240 g/mol. The standard InChI is InChI=1S/C12H16N2O2.ClH/c1-9-2-4-10(5-3-9)14-12(15)11-8-16-7-6-13-11;/h2-5,11,13H,6-8H2,1H3,(H,14,15);1H. The van der Waals surface area contributed by atoms with Crippen LogP contribution in [0.5, 0.6) is 0 Å². The number of carbonyl (C=O) groups is 1. The van der Waals surface area contributed by atoms with Gasteiger partial charge in [-0.2, -0.15) is 0 Å². The minimum Gasteiger partial charge on any atom is -0.378 e. The molecule has 1 aliphatic heterocycles. The van der Waals surface area contributed by atoms with Crippen LogP contribution in [0.15, 0.2) is 24.3 Å². The van der Waals surface area contributed by atoms with Crippen molar-refractivity contribution >= 4 is 24.0 Å². The maximum atomic E-state index is 11.8. The number of ether oxygens (including phenoxy) is 1. The first-order valence-electron chi connectivity index (χ1n) is 5.44. The van der Waals surface area contributed by atoms with E-state index in [4.69, 9.17) is 4.74 Å². The van der Waals surface area contributed by atoms with Crippen LogP contribution < -0.4 is 10.6 Å². The summed E-state index contributed by atoms with van der Waals surface area (Å²) in [6.45, 7) is 3.86. The molecule has 2 N–H and O–H groups in total. The lowest BCUT2D eigenvalue weighted by atomic mass is 10.2. The summed E-state index contributed by atoms with van der Waals surface area (Å²) >= 11 is 0. The zero-order chi connectivity index (χ0) is 11.4. The molecule has 0 saturated carbocycles. The number of carbonyl (C=O) groups excluding carboxylic acids is 1. The summed E-state index contributed by atoms with van der Waals surface area (Å²) in [4.78, 5) is 11.8. The Kier molecular flexibility index (Phi) is 5.41. The zero-order valence-corrected chi connectivity index (χ0v) is 10.5. The first kappa shape index (κ1) is 14.0. The predicted molar refractivity (Wildman–Crippen MR) is 69.7 cm³/mol. The Balaban J connectivity index is 0.00000144. The van der Waals surface area contributed by atoms with Crippen LogP contribution in [0, 0.1) is 6.92 Å². The monoisotopic (exact) mass is 256 g/mol. The summed E-state index contributed by atoms with van der Waals surface area (Å²) in [6.07, 6.45) is 0. The van der Waals surface area contributed by atoms with E-state index >= 15 is 0 Å². The molecule has 4 nitrogen and oxygen atoms in total. The highest BCUT2D eigenvalue weighted by Gasteiger charge is 2.20. The minimum atomic E-state index is -0.241. The molecule has 1 heterocycles. The van der Waals surface area contributed by atoms with E-state index in [1.165, 1.54) is 5.56 Å². The molecule has 0 radical (unpaired) electrons. The zero-order valence-electron chi connectivity index (χ0n) is 9.73. The molecule has 1 saturated heterocycles. The number of hydrogen-bond acceptors (Lipinski definition) is 3. The molecule has 1 aromatic rings. The Morgan fingerprint density at radius 2 is 2.12 bits per heavy atom. The van der Waals surface area contributed by atoms with Crippen LogP contribution in [-0.4, -0.2) is 31.7 Å². The molecule has 94 valence electrons. The summed E-state index contributed by atoms with van der Waals surface area (Å²) in [6, 6.07) is 7.50. The highest BCUT2D eigenvalue weighted by Crippen LogP contribution is 2.09. The van der Waals surface area contributed by atoms with Gasteiger partial charge < -0.3 is 15.4 Å². The highest BCUT2D eigenvalue weighted by molar-refractivity contribution is 5.95. The van der Waals surface area contributed by atoms with Gasteiger partial charge >= 0.3 is 0 Å². The molecule has 0 aromatic heterocycles. The van der Waals surface area contributed by atoms with Crippen molar-refractivity contribution in [2.45, 2.75) is 13.0 Å². The van der Waals surface area contributed by atoms with Crippen molar-refractivity contribution in [3.05, 3.63) is 29.8 Å². The average Bonchev–Trinajstić information content (AvgIpc) is 2.33. The Bertz CT molecular complexity index is 361. The van der Waals surface area contributed by atoms with Gasteiger partial charge in [0.25, 0.3) is 0 Å². The number of rotatable bonds is 2. The lowest BCUT2D eigenvalue weighted by molar-refractivity contribution is -0.120. The molecule has 1 aromatic carbocycles. The Morgan fingerprint density at radius 1 is 1.41 bits per heavy atom. The van der Waals surface area contributed by atoms with E-state index in [0.717, 1.165) is 12.2 Å². The number of anilines is 1. The van der Waals surface area contributed by atoms with Gasteiger partial charge in [-0.05, 0) is 19.1 Å². The lowest BCUT2D eigenvalue weighted by Gasteiger charge is -2.22. The Hall–Kier alpha value is -1.10. The van der Waals surface area contributed by atoms with Gasteiger partial charge in [-0.25, -0.2) is 0 Å². The SMILES string of the molecule is Cc1ccc(NC(=O)C2COCCN2)cc1.Cl. The molecule has 1 aliphatic rings. The number of halogens is 1. The second-order valence-electron chi connectivity index (χ2n) is 3.94. The van der Waals surface area contributed by atoms with Crippen LogP contribution in [0.1, 0.15) is 5.56 Å². The summed E-state index contributed by atoms with van der Waals surface area (Å²) in [7, 11) is 0. The summed E-state index contributed by atoms with van der Waals surface area (Å²) in [5.74, 6) is -0.0384. The van der Waals surface area contributed by atoms with Crippen molar-refractivity contribution in [2.24, 2.45) is 0 Å². The average molecular weight is 257 g/mol. The van der Waals surface area contributed by atoms with E-state index in [2.05, 4.69) is 10.6 Å².